The summed E-state index contributed by atoms with van der Waals surface area (Å²) in [4.78, 5) is 29.2. The van der Waals surface area contributed by atoms with Crippen LogP contribution < -0.4 is 0 Å². The fourth-order valence-electron chi connectivity index (χ4n) is 4.41. The first kappa shape index (κ1) is 34.4. The number of ether oxygens (including phenoxy) is 5. The average molecular weight is 593 g/mol. The summed E-state index contributed by atoms with van der Waals surface area (Å²) >= 11 is 0. The van der Waals surface area contributed by atoms with Crippen molar-refractivity contribution in [2.75, 3.05) is 26.9 Å². The summed E-state index contributed by atoms with van der Waals surface area (Å²) in [5.41, 5.74) is 0. The Labute approximate surface area is 225 Å². The predicted octanol–water partition coefficient (Wildman–Crippen LogP) is -2.35. The van der Waals surface area contributed by atoms with Gasteiger partial charge in [-0.25, -0.2) is 4.57 Å². The van der Waals surface area contributed by atoms with E-state index in [-0.39, 0.29) is 12.6 Å². The van der Waals surface area contributed by atoms with Gasteiger partial charge in [-0.3, -0.25) is 9.32 Å². The molecule has 0 aromatic heterocycles. The molecular weight excluding hydrogens is 551 g/mol. The minimum atomic E-state index is -5.13. The van der Waals surface area contributed by atoms with Crippen LogP contribution in [0, 0.1) is 0 Å². The molecule has 0 aliphatic carbocycles. The van der Waals surface area contributed by atoms with Crippen molar-refractivity contribution in [2.45, 2.75) is 106 Å². The van der Waals surface area contributed by atoms with Gasteiger partial charge in [0.05, 0.1) is 20.3 Å². The lowest BCUT2D eigenvalue weighted by Gasteiger charge is -2.46. The number of hydrogen-bond acceptors (Lipinski definition) is 14. The number of phosphoric ester groups is 1. The Bertz CT molecular complexity index is 764. The van der Waals surface area contributed by atoms with Crippen molar-refractivity contribution in [3.63, 3.8) is 0 Å². The highest BCUT2D eigenvalue weighted by Gasteiger charge is 2.52. The van der Waals surface area contributed by atoms with E-state index in [2.05, 4.69) is 9.26 Å². The standard InChI is InChI=1S/C22H41O16P/c1-33-14(25)8-6-4-2-3-5-7-9-34-20-17(28)18(12(10-23)35-21(20)29)37-22-16(27)15(26)19(13(11-24)36-22)38-39(30,31)32/h12-13,15-24,26-29H,2-11H2,1H3,(H2,30,31,32)/t12-,13-,15-,16-,17+,18-,19+,20-,21-,22+/m1/s1. The summed E-state index contributed by atoms with van der Waals surface area (Å²) in [7, 11) is -3.78. The molecule has 10 atom stereocenters. The zero-order valence-corrected chi connectivity index (χ0v) is 22.5. The first-order valence-electron chi connectivity index (χ1n) is 12.8. The van der Waals surface area contributed by atoms with E-state index in [1.54, 1.807) is 0 Å². The summed E-state index contributed by atoms with van der Waals surface area (Å²) in [6, 6.07) is 0. The van der Waals surface area contributed by atoms with Crippen LogP contribution in [0.1, 0.15) is 44.9 Å². The Kier molecular flexibility index (Phi) is 14.6. The van der Waals surface area contributed by atoms with Gasteiger partial charge in [-0.2, -0.15) is 0 Å². The molecular formula is C22H41O16P. The number of rotatable bonds is 16. The van der Waals surface area contributed by atoms with Crippen LogP contribution >= 0.6 is 7.82 Å². The Morgan fingerprint density at radius 1 is 0.795 bits per heavy atom. The minimum Gasteiger partial charge on any atom is -0.469 e. The molecule has 16 nitrogen and oxygen atoms in total. The van der Waals surface area contributed by atoms with Gasteiger partial charge in [0, 0.05) is 13.0 Å². The molecule has 8 N–H and O–H groups in total. The van der Waals surface area contributed by atoms with Crippen LogP contribution in [0.5, 0.6) is 0 Å². The van der Waals surface area contributed by atoms with E-state index >= 15 is 0 Å². The monoisotopic (exact) mass is 592 g/mol. The van der Waals surface area contributed by atoms with Crippen molar-refractivity contribution < 1.29 is 78.0 Å². The largest absolute Gasteiger partial charge is 0.470 e. The molecule has 39 heavy (non-hydrogen) atoms. The second kappa shape index (κ2) is 16.6. The van der Waals surface area contributed by atoms with E-state index in [4.69, 9.17) is 28.7 Å². The van der Waals surface area contributed by atoms with Gasteiger partial charge < -0.3 is 64.1 Å². The van der Waals surface area contributed by atoms with E-state index in [9.17, 15) is 40.0 Å². The number of aliphatic hydroxyl groups is 6. The third-order valence-corrected chi connectivity index (χ3v) is 7.02. The van der Waals surface area contributed by atoms with Gasteiger partial charge in [0.1, 0.15) is 48.8 Å². The van der Waals surface area contributed by atoms with E-state index in [0.29, 0.717) is 12.8 Å². The number of carbonyl (C=O) groups is 1. The summed E-state index contributed by atoms with van der Waals surface area (Å²) < 4.78 is 42.0. The SMILES string of the molecule is COC(=O)CCCCCCCCO[C@@H]1[C@@H](O)[C@H](O[C@@H]2O[C@H](CO)[C@H](OP(=O)(O)O)[C@H](O)[C@H]2O)[C@@H](CO)O[C@H]1O. The van der Waals surface area contributed by atoms with Crippen LogP contribution in [0.2, 0.25) is 0 Å². The van der Waals surface area contributed by atoms with Gasteiger partial charge >= 0.3 is 13.8 Å². The molecule has 2 heterocycles. The molecule has 2 aliphatic heterocycles. The number of hydrogen-bond donors (Lipinski definition) is 8. The van der Waals surface area contributed by atoms with E-state index in [1.165, 1.54) is 7.11 Å². The maximum Gasteiger partial charge on any atom is 0.470 e. The van der Waals surface area contributed by atoms with Gasteiger partial charge in [-0.05, 0) is 12.8 Å². The number of phosphoric acid groups is 1. The zero-order chi connectivity index (χ0) is 29.2. The highest BCUT2D eigenvalue weighted by molar-refractivity contribution is 7.46. The van der Waals surface area contributed by atoms with Crippen molar-refractivity contribution in [3.05, 3.63) is 0 Å². The molecule has 0 amide bonds. The number of aliphatic hydroxyl groups excluding tert-OH is 6. The van der Waals surface area contributed by atoms with Crippen molar-refractivity contribution in [1.29, 1.82) is 0 Å². The van der Waals surface area contributed by atoms with Gasteiger partial charge in [-0.1, -0.05) is 25.7 Å². The summed E-state index contributed by atoms with van der Waals surface area (Å²) in [5.74, 6) is -0.243. The number of methoxy groups -OCH3 is 1. The molecule has 0 radical (unpaired) electrons. The smallest absolute Gasteiger partial charge is 0.469 e. The normalized spacial score (nSPS) is 35.6. The topological polar surface area (TPSA) is 251 Å². The van der Waals surface area contributed by atoms with Crippen molar-refractivity contribution in [2.24, 2.45) is 0 Å². The van der Waals surface area contributed by atoms with Crippen LogP contribution in [0.15, 0.2) is 0 Å². The number of esters is 1. The van der Waals surface area contributed by atoms with Crippen LogP contribution in [0.4, 0.5) is 0 Å². The maximum absolute atomic E-state index is 11.2. The Morgan fingerprint density at radius 2 is 1.38 bits per heavy atom. The van der Waals surface area contributed by atoms with Gasteiger partial charge in [0.15, 0.2) is 12.6 Å². The van der Waals surface area contributed by atoms with E-state index in [1.807, 2.05) is 0 Å². The Hall–Kier alpha value is -0.820. The van der Waals surface area contributed by atoms with E-state index < -0.39 is 82.4 Å². The fourth-order valence-corrected chi connectivity index (χ4v) is 4.99. The lowest BCUT2D eigenvalue weighted by molar-refractivity contribution is -0.357. The first-order chi connectivity index (χ1) is 18.4. The molecule has 2 aliphatic rings. The molecule has 0 unspecified atom stereocenters. The maximum atomic E-state index is 11.2. The summed E-state index contributed by atoms with van der Waals surface area (Å²) in [5, 5.41) is 61.2. The molecule has 0 bridgehead atoms. The van der Waals surface area contributed by atoms with Gasteiger partial charge in [-0.15, -0.1) is 0 Å². The lowest BCUT2D eigenvalue weighted by Crippen LogP contribution is -2.65. The van der Waals surface area contributed by atoms with E-state index in [0.717, 1.165) is 32.1 Å². The highest BCUT2D eigenvalue weighted by Crippen LogP contribution is 2.41. The molecule has 17 heteroatoms. The quantitative estimate of drug-likeness (QED) is 0.0530. The third kappa shape index (κ3) is 10.5. The minimum absolute atomic E-state index is 0.149. The second-order valence-electron chi connectivity index (χ2n) is 9.39. The lowest BCUT2D eigenvalue weighted by atomic mass is 9.97. The second-order valence-corrected chi connectivity index (χ2v) is 10.6. The average Bonchev–Trinajstić information content (AvgIpc) is 2.89. The number of carbonyl (C=O) groups excluding carboxylic acids is 1. The summed E-state index contributed by atoms with van der Waals surface area (Å²) in [6.07, 6.45) is -11.1. The first-order valence-corrected chi connectivity index (χ1v) is 14.3. The molecule has 0 aromatic carbocycles. The van der Waals surface area contributed by atoms with Crippen molar-refractivity contribution >= 4 is 13.8 Å². The summed E-state index contributed by atoms with van der Waals surface area (Å²) in [6.45, 7) is -1.45. The zero-order valence-electron chi connectivity index (χ0n) is 21.6. The van der Waals surface area contributed by atoms with Crippen LogP contribution in [-0.2, 0) is 37.6 Å². The third-order valence-electron chi connectivity index (χ3n) is 6.50. The fraction of sp³-hybridized carbons (Fsp3) is 0.955. The molecule has 0 spiro atoms. The highest BCUT2D eigenvalue weighted by atomic mass is 31.2. The van der Waals surface area contributed by atoms with Gasteiger partial charge in [0.2, 0.25) is 0 Å². The van der Waals surface area contributed by atoms with Gasteiger partial charge in [0.25, 0.3) is 0 Å². The Morgan fingerprint density at radius 3 is 1.97 bits per heavy atom. The van der Waals surface area contributed by atoms with Crippen molar-refractivity contribution in [1.82, 2.24) is 0 Å². The molecule has 0 saturated carbocycles. The molecule has 2 saturated heterocycles. The number of unbranched alkanes of at least 4 members (excludes halogenated alkanes) is 5. The Balaban J connectivity index is 1.90. The molecule has 0 aromatic rings. The van der Waals surface area contributed by atoms with Crippen LogP contribution in [-0.4, -0.2) is 135 Å². The molecule has 230 valence electrons. The molecule has 2 rings (SSSR count). The predicted molar refractivity (Wildman–Crippen MR) is 128 cm³/mol. The van der Waals surface area contributed by atoms with Crippen LogP contribution in [0.25, 0.3) is 0 Å². The molecule has 2 fully saturated rings. The van der Waals surface area contributed by atoms with Crippen molar-refractivity contribution in [3.8, 4) is 0 Å². The van der Waals surface area contributed by atoms with Crippen LogP contribution in [0.3, 0.4) is 0 Å².